The van der Waals surface area contributed by atoms with E-state index in [2.05, 4.69) is 20.1 Å². The number of hydrogen-bond acceptors (Lipinski definition) is 6. The van der Waals surface area contributed by atoms with E-state index in [4.69, 9.17) is 4.74 Å². The molecule has 2 atom stereocenters. The highest BCUT2D eigenvalue weighted by Gasteiger charge is 2.33. The van der Waals surface area contributed by atoms with E-state index in [1.807, 2.05) is 10.9 Å². The van der Waals surface area contributed by atoms with E-state index in [1.165, 1.54) is 4.57 Å². The second kappa shape index (κ2) is 8.97. The Labute approximate surface area is 214 Å². The molecule has 6 rings (SSSR count). The summed E-state index contributed by atoms with van der Waals surface area (Å²) in [4.78, 5) is 26.7. The van der Waals surface area contributed by atoms with E-state index < -0.39 is 23.1 Å². The summed E-state index contributed by atoms with van der Waals surface area (Å²) in [5.41, 5.74) is -0.785. The lowest BCUT2D eigenvalue weighted by Gasteiger charge is -2.28. The van der Waals surface area contributed by atoms with Crippen LogP contribution in [0.25, 0.3) is 22.3 Å². The maximum Gasteiger partial charge on any atom is 0.416 e. The molecule has 1 saturated carbocycles. The average Bonchev–Trinajstić information content (AvgIpc) is 3.63. The fourth-order valence-corrected chi connectivity index (χ4v) is 4.85. The lowest BCUT2D eigenvalue weighted by Crippen LogP contribution is -2.25. The van der Waals surface area contributed by atoms with Gasteiger partial charge in [0, 0.05) is 36.9 Å². The Morgan fingerprint density at radius 1 is 1.08 bits per heavy atom. The summed E-state index contributed by atoms with van der Waals surface area (Å²) >= 11 is 0. The fourth-order valence-electron chi connectivity index (χ4n) is 4.85. The maximum atomic E-state index is 15.1. The summed E-state index contributed by atoms with van der Waals surface area (Å²) in [7, 11) is 1.55. The zero-order valence-electron chi connectivity index (χ0n) is 20.7. The van der Waals surface area contributed by atoms with E-state index in [0.29, 0.717) is 43.2 Å². The second-order valence-corrected chi connectivity index (χ2v) is 9.91. The van der Waals surface area contributed by atoms with Crippen molar-refractivity contribution in [2.24, 2.45) is 7.05 Å². The topological polar surface area (TPSA) is 87.7 Å². The molecule has 2 fully saturated rings. The van der Waals surface area contributed by atoms with E-state index in [0.717, 1.165) is 30.5 Å². The van der Waals surface area contributed by atoms with Gasteiger partial charge in [0.25, 0.3) is 5.56 Å². The van der Waals surface area contributed by atoms with Crippen molar-refractivity contribution in [1.29, 1.82) is 0 Å². The van der Waals surface area contributed by atoms with E-state index in [-0.39, 0.29) is 34.3 Å². The zero-order valence-corrected chi connectivity index (χ0v) is 20.7. The van der Waals surface area contributed by atoms with E-state index >= 15 is 4.39 Å². The molecule has 0 bridgehead atoms. The molecule has 0 amide bonds. The molecule has 0 radical (unpaired) electrons. The highest BCUT2D eigenvalue weighted by Crippen LogP contribution is 2.40. The summed E-state index contributed by atoms with van der Waals surface area (Å²) < 4.78 is 63.9. The van der Waals surface area contributed by atoms with Crippen LogP contribution >= 0.6 is 0 Å². The molecular formula is C26H24F4N6O2. The molecule has 0 N–H and O–H groups in total. The van der Waals surface area contributed by atoms with Gasteiger partial charge in [0.05, 0.1) is 23.9 Å². The van der Waals surface area contributed by atoms with Crippen molar-refractivity contribution < 1.29 is 22.3 Å². The first-order chi connectivity index (χ1) is 18.1. The lowest BCUT2D eigenvalue weighted by atomic mass is 9.92. The SMILES string of the molecule is Cc1nc2c(-c3ccc(C(F)(F)F)cc3F)nc([C@@H]3CCO[C@H](c4cnn(C5CC5)c4)C3)nc2c(=O)n1C. The third-order valence-corrected chi connectivity index (χ3v) is 7.28. The molecule has 4 heterocycles. The average molecular weight is 529 g/mol. The highest BCUT2D eigenvalue weighted by molar-refractivity contribution is 5.88. The number of benzene rings is 1. The lowest BCUT2D eigenvalue weighted by molar-refractivity contribution is -0.137. The molecule has 3 aromatic heterocycles. The van der Waals surface area contributed by atoms with Crippen LogP contribution in [0.1, 0.15) is 66.5 Å². The Balaban J connectivity index is 1.45. The summed E-state index contributed by atoms with van der Waals surface area (Å²) in [5.74, 6) is -0.698. The Morgan fingerprint density at radius 3 is 2.58 bits per heavy atom. The summed E-state index contributed by atoms with van der Waals surface area (Å²) in [5, 5.41) is 4.44. The summed E-state index contributed by atoms with van der Waals surface area (Å²) in [6.45, 7) is 2.02. The van der Waals surface area contributed by atoms with Crippen LogP contribution in [-0.4, -0.2) is 35.9 Å². The van der Waals surface area contributed by atoms with Crippen LogP contribution in [-0.2, 0) is 18.0 Å². The molecule has 12 heteroatoms. The van der Waals surface area contributed by atoms with Crippen molar-refractivity contribution in [3.63, 3.8) is 0 Å². The van der Waals surface area contributed by atoms with Gasteiger partial charge in [-0.2, -0.15) is 18.3 Å². The molecule has 8 nitrogen and oxygen atoms in total. The smallest absolute Gasteiger partial charge is 0.373 e. The van der Waals surface area contributed by atoms with E-state index in [1.54, 1.807) is 20.2 Å². The third-order valence-electron chi connectivity index (χ3n) is 7.28. The first-order valence-corrected chi connectivity index (χ1v) is 12.4. The fraction of sp³-hybridized carbons (Fsp3) is 0.423. The molecule has 0 unspecified atom stereocenters. The first kappa shape index (κ1) is 24.7. The van der Waals surface area contributed by atoms with Crippen molar-refractivity contribution in [1.82, 2.24) is 29.3 Å². The van der Waals surface area contributed by atoms with Crippen LogP contribution in [0.5, 0.6) is 0 Å². The number of aromatic nitrogens is 6. The Kier molecular flexibility index (Phi) is 5.82. The molecule has 198 valence electrons. The van der Waals surface area contributed by atoms with Crippen molar-refractivity contribution in [2.75, 3.05) is 6.61 Å². The van der Waals surface area contributed by atoms with Crippen LogP contribution in [0.3, 0.4) is 0 Å². The van der Waals surface area contributed by atoms with Gasteiger partial charge in [-0.1, -0.05) is 0 Å². The predicted molar refractivity (Wildman–Crippen MR) is 129 cm³/mol. The molecule has 1 aromatic carbocycles. The molecule has 1 aliphatic heterocycles. The van der Waals surface area contributed by atoms with Gasteiger partial charge in [-0.3, -0.25) is 14.0 Å². The summed E-state index contributed by atoms with van der Waals surface area (Å²) in [6, 6.07) is 2.68. The van der Waals surface area contributed by atoms with Gasteiger partial charge in [0.1, 0.15) is 28.7 Å². The van der Waals surface area contributed by atoms with Crippen LogP contribution < -0.4 is 5.56 Å². The molecule has 1 saturated heterocycles. The minimum atomic E-state index is -4.70. The molecule has 38 heavy (non-hydrogen) atoms. The number of nitrogens with zero attached hydrogens (tertiary/aromatic N) is 6. The van der Waals surface area contributed by atoms with Gasteiger partial charge in [-0.15, -0.1) is 0 Å². The second-order valence-electron chi connectivity index (χ2n) is 9.91. The number of halogens is 4. The van der Waals surface area contributed by atoms with Gasteiger partial charge >= 0.3 is 6.18 Å². The van der Waals surface area contributed by atoms with Crippen LogP contribution in [0.15, 0.2) is 35.4 Å². The molecule has 4 aromatic rings. The number of ether oxygens (including phenoxy) is 1. The minimum Gasteiger partial charge on any atom is -0.373 e. The minimum absolute atomic E-state index is 0.0120. The quantitative estimate of drug-likeness (QED) is 0.346. The van der Waals surface area contributed by atoms with Crippen molar-refractivity contribution in [3.8, 4) is 11.3 Å². The predicted octanol–water partition coefficient (Wildman–Crippen LogP) is 5.02. The van der Waals surface area contributed by atoms with Gasteiger partial charge in [-0.25, -0.2) is 19.3 Å². The summed E-state index contributed by atoms with van der Waals surface area (Å²) in [6.07, 6.45) is 2.09. The van der Waals surface area contributed by atoms with E-state index in [9.17, 15) is 18.0 Å². The van der Waals surface area contributed by atoms with Crippen LogP contribution in [0.2, 0.25) is 0 Å². The highest BCUT2D eigenvalue weighted by atomic mass is 19.4. The number of alkyl halides is 3. The molecular weight excluding hydrogens is 504 g/mol. The zero-order chi connectivity index (χ0) is 26.8. The normalized spacial score (nSPS) is 20.3. The monoisotopic (exact) mass is 528 g/mol. The van der Waals surface area contributed by atoms with Gasteiger partial charge in [0.15, 0.2) is 5.52 Å². The number of aryl methyl sites for hydroxylation is 1. The van der Waals surface area contributed by atoms with Gasteiger partial charge in [0.2, 0.25) is 0 Å². The standard InChI is InChI=1S/C26H24F4N6O2/c1-13-32-22-21(18-6-3-16(10-19(18)27)26(28,29)30)33-24(34-23(22)25(37)35(13)2)14-7-8-38-20(9-14)15-11-31-36(12-15)17-4-5-17/h3,6,10-12,14,17,20H,4-5,7-9H2,1-2H3/t14-,20+/m1/s1. The van der Waals surface area contributed by atoms with Crippen molar-refractivity contribution >= 4 is 11.0 Å². The maximum absolute atomic E-state index is 15.1. The largest absolute Gasteiger partial charge is 0.416 e. The Bertz CT molecular complexity index is 1610. The van der Waals surface area contributed by atoms with Crippen molar-refractivity contribution in [3.05, 3.63) is 69.5 Å². The van der Waals surface area contributed by atoms with Gasteiger partial charge in [-0.05, 0) is 50.8 Å². The first-order valence-electron chi connectivity index (χ1n) is 12.4. The number of fused-ring (bicyclic) bond motifs is 1. The molecule has 2 aliphatic rings. The third kappa shape index (κ3) is 4.36. The molecule has 0 spiro atoms. The number of hydrogen-bond donors (Lipinski definition) is 0. The van der Waals surface area contributed by atoms with Gasteiger partial charge < -0.3 is 4.74 Å². The Hall–Kier alpha value is -3.67. The number of rotatable bonds is 4. The molecule has 1 aliphatic carbocycles. The Morgan fingerprint density at radius 2 is 1.87 bits per heavy atom. The van der Waals surface area contributed by atoms with Crippen LogP contribution in [0.4, 0.5) is 17.6 Å². The van der Waals surface area contributed by atoms with Crippen LogP contribution in [0, 0.1) is 12.7 Å². The van der Waals surface area contributed by atoms with Crippen molar-refractivity contribution in [2.45, 2.75) is 56.8 Å².